The molecule has 2 unspecified atom stereocenters. The molecule has 3 rings (SSSR count). The number of ether oxygens (including phenoxy) is 1. The minimum atomic E-state index is -0.582. The van der Waals surface area contributed by atoms with Gasteiger partial charge in [0.05, 0.1) is 10.9 Å². The van der Waals surface area contributed by atoms with Gasteiger partial charge < -0.3 is 14.3 Å². The first-order valence-corrected chi connectivity index (χ1v) is 10.1. The van der Waals surface area contributed by atoms with Crippen LogP contribution in [0, 0.1) is 6.92 Å². The number of rotatable bonds is 5. The summed E-state index contributed by atoms with van der Waals surface area (Å²) in [6, 6.07) is 3.34. The second-order valence-corrected chi connectivity index (χ2v) is 8.51. The molecule has 1 aromatic heterocycles. The van der Waals surface area contributed by atoms with E-state index in [1.807, 2.05) is 13.8 Å². The average molecular weight is 395 g/mol. The normalized spacial score (nSPS) is 21.4. The van der Waals surface area contributed by atoms with E-state index < -0.39 is 11.0 Å². The first-order chi connectivity index (χ1) is 13.7. The van der Waals surface area contributed by atoms with Crippen LogP contribution in [0.4, 0.5) is 0 Å². The van der Waals surface area contributed by atoms with Gasteiger partial charge in [-0.05, 0) is 58.2 Å². The van der Waals surface area contributed by atoms with Crippen LogP contribution in [0.25, 0.3) is 11.0 Å². The Morgan fingerprint density at radius 1 is 1.34 bits per heavy atom. The zero-order valence-electron chi connectivity index (χ0n) is 18.0. The van der Waals surface area contributed by atoms with Crippen molar-refractivity contribution in [2.75, 3.05) is 0 Å². The van der Waals surface area contributed by atoms with Crippen LogP contribution in [0.1, 0.15) is 58.1 Å². The molecule has 1 N–H and O–H groups in total. The van der Waals surface area contributed by atoms with Gasteiger partial charge in [0.25, 0.3) is 0 Å². The molecule has 0 saturated carbocycles. The lowest BCUT2D eigenvalue weighted by Crippen LogP contribution is -2.38. The molecule has 2 heterocycles. The van der Waals surface area contributed by atoms with Crippen LogP contribution in [0.15, 0.2) is 57.3 Å². The molecule has 1 aliphatic rings. The molecular weight excluding hydrogens is 364 g/mol. The third-order valence-electron chi connectivity index (χ3n) is 5.68. The summed E-state index contributed by atoms with van der Waals surface area (Å²) in [6.07, 6.45) is 8.54. The van der Waals surface area contributed by atoms with Crippen molar-refractivity contribution in [3.63, 3.8) is 0 Å². The van der Waals surface area contributed by atoms with Gasteiger partial charge in [-0.1, -0.05) is 36.3 Å². The lowest BCUT2D eigenvalue weighted by Gasteiger charge is -2.36. The monoisotopic (exact) mass is 394 g/mol. The van der Waals surface area contributed by atoms with Crippen molar-refractivity contribution in [3.05, 3.63) is 69.6 Å². The standard InChI is InChI=1S/C25H30O4/c1-7-25(6)14-18(13-16(4)10-8-9-15(2)3)28-23-20-17(5)11-12-19(26)22(20)29-24(27)21(23)25/h7,9,11-13,18,26H,1,8,10,14H2,2-6H3. The quantitative estimate of drug-likeness (QED) is 0.492. The molecule has 0 aliphatic carbocycles. The molecule has 154 valence electrons. The van der Waals surface area contributed by atoms with Crippen LogP contribution >= 0.6 is 0 Å². The van der Waals surface area contributed by atoms with Crippen molar-refractivity contribution in [3.8, 4) is 11.5 Å². The lowest BCUT2D eigenvalue weighted by atomic mass is 9.75. The highest BCUT2D eigenvalue weighted by Gasteiger charge is 2.40. The van der Waals surface area contributed by atoms with E-state index in [2.05, 4.69) is 39.5 Å². The van der Waals surface area contributed by atoms with E-state index in [1.54, 1.807) is 12.1 Å². The van der Waals surface area contributed by atoms with Crippen LogP contribution in [-0.4, -0.2) is 11.2 Å². The molecule has 0 bridgehead atoms. The topological polar surface area (TPSA) is 59.7 Å². The smallest absolute Gasteiger partial charge is 0.344 e. The first kappa shape index (κ1) is 21.0. The highest BCUT2D eigenvalue weighted by molar-refractivity contribution is 5.92. The van der Waals surface area contributed by atoms with Gasteiger partial charge in [-0.2, -0.15) is 0 Å². The Morgan fingerprint density at radius 3 is 2.72 bits per heavy atom. The van der Waals surface area contributed by atoms with Gasteiger partial charge in [0.1, 0.15) is 11.9 Å². The molecular formula is C25H30O4. The van der Waals surface area contributed by atoms with E-state index in [1.165, 1.54) is 17.2 Å². The second-order valence-electron chi connectivity index (χ2n) is 8.51. The zero-order chi connectivity index (χ0) is 21.3. The highest BCUT2D eigenvalue weighted by atomic mass is 16.5. The van der Waals surface area contributed by atoms with Crippen LogP contribution in [0.2, 0.25) is 0 Å². The van der Waals surface area contributed by atoms with Gasteiger partial charge in [0.2, 0.25) is 0 Å². The molecule has 29 heavy (non-hydrogen) atoms. The minimum absolute atomic E-state index is 0.0648. The summed E-state index contributed by atoms with van der Waals surface area (Å²) in [4.78, 5) is 12.8. The predicted octanol–water partition coefficient (Wildman–Crippen LogP) is 6.09. The summed E-state index contributed by atoms with van der Waals surface area (Å²) >= 11 is 0. The van der Waals surface area contributed by atoms with E-state index in [4.69, 9.17) is 9.15 Å². The van der Waals surface area contributed by atoms with E-state index in [0.717, 1.165) is 18.4 Å². The van der Waals surface area contributed by atoms with Gasteiger partial charge in [-0.15, -0.1) is 6.58 Å². The minimum Gasteiger partial charge on any atom is -0.504 e. The Balaban J connectivity index is 2.12. The van der Waals surface area contributed by atoms with E-state index in [0.29, 0.717) is 23.1 Å². The van der Waals surface area contributed by atoms with Crippen LogP contribution in [0.3, 0.4) is 0 Å². The Morgan fingerprint density at radius 2 is 2.07 bits per heavy atom. The van der Waals surface area contributed by atoms with Gasteiger partial charge in [0, 0.05) is 11.8 Å². The van der Waals surface area contributed by atoms with Crippen LogP contribution in [-0.2, 0) is 5.41 Å². The third kappa shape index (κ3) is 4.02. The number of aryl methyl sites for hydroxylation is 1. The van der Waals surface area contributed by atoms with Crippen molar-refractivity contribution >= 4 is 11.0 Å². The van der Waals surface area contributed by atoms with Crippen molar-refractivity contribution < 1.29 is 14.3 Å². The Hall–Kier alpha value is -2.75. The van der Waals surface area contributed by atoms with Crippen LogP contribution < -0.4 is 10.4 Å². The maximum Gasteiger partial charge on any atom is 0.344 e. The van der Waals surface area contributed by atoms with Gasteiger partial charge in [-0.25, -0.2) is 4.79 Å². The summed E-state index contributed by atoms with van der Waals surface area (Å²) < 4.78 is 11.9. The average Bonchev–Trinajstić information content (AvgIpc) is 2.64. The first-order valence-electron chi connectivity index (χ1n) is 10.1. The number of fused-ring (bicyclic) bond motifs is 3. The molecule has 4 heteroatoms. The summed E-state index contributed by atoms with van der Waals surface area (Å²) in [5.74, 6) is 0.432. The number of benzene rings is 1. The summed E-state index contributed by atoms with van der Waals surface area (Å²) in [5.41, 5.74) is 3.02. The van der Waals surface area contributed by atoms with Crippen molar-refractivity contribution in [2.45, 2.75) is 65.4 Å². The van der Waals surface area contributed by atoms with Gasteiger partial charge in [-0.3, -0.25) is 0 Å². The molecule has 4 nitrogen and oxygen atoms in total. The van der Waals surface area contributed by atoms with E-state index >= 15 is 0 Å². The van der Waals surface area contributed by atoms with Gasteiger partial charge in [0.15, 0.2) is 11.3 Å². The fourth-order valence-electron chi connectivity index (χ4n) is 4.01. The highest BCUT2D eigenvalue weighted by Crippen LogP contribution is 2.46. The Labute approximate surface area is 172 Å². The number of allylic oxidation sites excluding steroid dienone is 4. The number of phenols is 1. The van der Waals surface area contributed by atoms with Crippen LogP contribution in [0.5, 0.6) is 11.5 Å². The van der Waals surface area contributed by atoms with Crippen molar-refractivity contribution in [1.82, 2.24) is 0 Å². The molecule has 0 spiro atoms. The summed E-state index contributed by atoms with van der Waals surface area (Å²) in [6.45, 7) is 14.2. The summed E-state index contributed by atoms with van der Waals surface area (Å²) in [5, 5.41) is 10.9. The largest absolute Gasteiger partial charge is 0.504 e. The Bertz CT molecular complexity index is 1070. The van der Waals surface area contributed by atoms with E-state index in [-0.39, 0.29) is 17.4 Å². The molecule has 1 aromatic carbocycles. The van der Waals surface area contributed by atoms with Gasteiger partial charge >= 0.3 is 5.63 Å². The maximum absolute atomic E-state index is 12.8. The fraction of sp³-hybridized carbons (Fsp3) is 0.400. The molecule has 0 radical (unpaired) electrons. The molecule has 0 amide bonds. The third-order valence-corrected chi connectivity index (χ3v) is 5.68. The van der Waals surface area contributed by atoms with Crippen molar-refractivity contribution in [1.29, 1.82) is 0 Å². The number of aromatic hydroxyl groups is 1. The summed E-state index contributed by atoms with van der Waals surface area (Å²) in [7, 11) is 0. The molecule has 2 atom stereocenters. The maximum atomic E-state index is 12.8. The second kappa shape index (κ2) is 7.94. The SMILES string of the molecule is C=CC1(C)CC(C=C(C)CCC=C(C)C)Oc2c1c(=O)oc1c(O)ccc(C)c21. The fourth-order valence-corrected chi connectivity index (χ4v) is 4.01. The molecule has 0 saturated heterocycles. The van der Waals surface area contributed by atoms with Crippen molar-refractivity contribution in [2.24, 2.45) is 0 Å². The number of phenolic OH excluding ortho intramolecular Hbond substituents is 1. The lowest BCUT2D eigenvalue weighted by molar-refractivity contribution is 0.181. The number of hydrogen-bond acceptors (Lipinski definition) is 4. The molecule has 0 fully saturated rings. The zero-order valence-corrected chi connectivity index (χ0v) is 18.0. The molecule has 1 aliphatic heterocycles. The number of hydrogen-bond donors (Lipinski definition) is 1. The predicted molar refractivity (Wildman–Crippen MR) is 118 cm³/mol. The Kier molecular flexibility index (Phi) is 5.74. The van der Waals surface area contributed by atoms with E-state index in [9.17, 15) is 9.90 Å². The molecule has 2 aromatic rings.